The van der Waals surface area contributed by atoms with Gasteiger partial charge in [-0.3, -0.25) is 0 Å². The number of aryl methyl sites for hydroxylation is 1. The van der Waals surface area contributed by atoms with Gasteiger partial charge in [0.2, 0.25) is 5.89 Å². The first-order valence-corrected chi connectivity index (χ1v) is 5.15. The first-order valence-electron chi connectivity index (χ1n) is 5.15. The van der Waals surface area contributed by atoms with Gasteiger partial charge >= 0.3 is 0 Å². The molecule has 0 spiro atoms. The lowest BCUT2D eigenvalue weighted by Gasteiger charge is -2.04. The van der Waals surface area contributed by atoms with Crippen LogP contribution < -0.4 is 0 Å². The second-order valence-electron chi connectivity index (χ2n) is 3.82. The minimum absolute atomic E-state index is 0.455. The smallest absolute Gasteiger partial charge is 0.226 e. The van der Waals surface area contributed by atoms with Crippen molar-refractivity contribution in [2.45, 2.75) is 20.0 Å². The molecule has 1 heterocycles. The molecule has 1 radical (unpaired) electrons. The lowest BCUT2D eigenvalue weighted by Crippen LogP contribution is -1.90. The molecule has 1 atom stereocenters. The molecular weight excluding hydrogens is 202 g/mol. The zero-order chi connectivity index (χ0) is 11.7. The average molecular weight is 216 g/mol. The number of hydrogen-bond donors (Lipinski definition) is 1. The van der Waals surface area contributed by atoms with E-state index in [1.165, 1.54) is 0 Å². The molecule has 0 amide bonds. The first kappa shape index (κ1) is 10.9. The highest BCUT2D eigenvalue weighted by Crippen LogP contribution is 2.23. The summed E-state index contributed by atoms with van der Waals surface area (Å²) in [6.07, 6.45) is -0.455. The normalized spacial score (nSPS) is 12.8. The summed E-state index contributed by atoms with van der Waals surface area (Å²) in [7, 11) is 0. The van der Waals surface area contributed by atoms with Crippen molar-refractivity contribution in [2.24, 2.45) is 0 Å². The molecule has 3 heteroatoms. The van der Waals surface area contributed by atoms with Gasteiger partial charge in [-0.25, -0.2) is 4.98 Å². The van der Waals surface area contributed by atoms with Crippen LogP contribution in [0.4, 0.5) is 0 Å². The van der Waals surface area contributed by atoms with Crippen molar-refractivity contribution < 1.29 is 9.52 Å². The van der Waals surface area contributed by atoms with Gasteiger partial charge in [-0.1, -0.05) is 12.1 Å². The SMILES string of the molecule is [CH2]c1nc(-c2ccc(C(C)O)cc2)oc1C. The van der Waals surface area contributed by atoms with Crippen molar-refractivity contribution in [3.05, 3.63) is 48.2 Å². The van der Waals surface area contributed by atoms with Crippen molar-refractivity contribution >= 4 is 0 Å². The number of aliphatic hydroxyl groups excluding tert-OH is 1. The van der Waals surface area contributed by atoms with Crippen molar-refractivity contribution in [1.82, 2.24) is 4.98 Å². The Labute approximate surface area is 94.8 Å². The van der Waals surface area contributed by atoms with E-state index in [0.29, 0.717) is 11.6 Å². The Balaban J connectivity index is 2.34. The largest absolute Gasteiger partial charge is 0.441 e. The molecular formula is C13H14NO2. The fourth-order valence-corrected chi connectivity index (χ4v) is 1.46. The minimum atomic E-state index is -0.455. The number of aliphatic hydroxyl groups is 1. The van der Waals surface area contributed by atoms with Gasteiger partial charge < -0.3 is 9.52 Å². The monoisotopic (exact) mass is 216 g/mol. The fraction of sp³-hybridized carbons (Fsp3) is 0.231. The van der Waals surface area contributed by atoms with Gasteiger partial charge in [-0.15, -0.1) is 0 Å². The Morgan fingerprint density at radius 3 is 2.38 bits per heavy atom. The third-order valence-electron chi connectivity index (χ3n) is 2.53. The molecule has 0 aliphatic carbocycles. The van der Waals surface area contributed by atoms with Crippen LogP contribution in [0.15, 0.2) is 28.7 Å². The summed E-state index contributed by atoms with van der Waals surface area (Å²) in [5.74, 6) is 1.30. The maximum atomic E-state index is 9.38. The van der Waals surface area contributed by atoms with Gasteiger partial charge in [-0.05, 0) is 38.5 Å². The summed E-state index contributed by atoms with van der Waals surface area (Å²) < 4.78 is 5.46. The molecule has 0 aliphatic rings. The van der Waals surface area contributed by atoms with Crippen molar-refractivity contribution in [3.8, 4) is 11.5 Å². The summed E-state index contributed by atoms with van der Waals surface area (Å²) in [6.45, 7) is 7.34. The van der Waals surface area contributed by atoms with Crippen LogP contribution in [0.3, 0.4) is 0 Å². The molecule has 1 aromatic heterocycles. The molecule has 2 aromatic rings. The molecule has 0 fully saturated rings. The molecule has 16 heavy (non-hydrogen) atoms. The molecule has 0 saturated heterocycles. The van der Waals surface area contributed by atoms with Crippen molar-refractivity contribution in [3.63, 3.8) is 0 Å². The second-order valence-corrected chi connectivity index (χ2v) is 3.82. The molecule has 0 saturated carbocycles. The van der Waals surface area contributed by atoms with Crippen LogP contribution in [-0.2, 0) is 0 Å². The maximum Gasteiger partial charge on any atom is 0.226 e. The topological polar surface area (TPSA) is 46.3 Å². The summed E-state index contributed by atoms with van der Waals surface area (Å²) >= 11 is 0. The van der Waals surface area contributed by atoms with Gasteiger partial charge in [0.05, 0.1) is 11.8 Å². The van der Waals surface area contributed by atoms with Crippen LogP contribution in [0.1, 0.15) is 30.0 Å². The van der Waals surface area contributed by atoms with E-state index in [9.17, 15) is 5.11 Å². The van der Waals surface area contributed by atoms with Crippen molar-refractivity contribution in [1.29, 1.82) is 0 Å². The molecule has 0 bridgehead atoms. The Hall–Kier alpha value is -1.61. The first-order chi connectivity index (χ1) is 7.58. The van der Waals surface area contributed by atoms with Crippen LogP contribution in [0.25, 0.3) is 11.5 Å². The average Bonchev–Trinajstić information content (AvgIpc) is 2.59. The van der Waals surface area contributed by atoms with Gasteiger partial charge in [0.15, 0.2) is 0 Å². The van der Waals surface area contributed by atoms with Crippen LogP contribution in [0.2, 0.25) is 0 Å². The van der Waals surface area contributed by atoms with Crippen molar-refractivity contribution in [2.75, 3.05) is 0 Å². The zero-order valence-corrected chi connectivity index (χ0v) is 9.40. The summed E-state index contributed by atoms with van der Waals surface area (Å²) in [4.78, 5) is 4.21. The van der Waals surface area contributed by atoms with Gasteiger partial charge in [0.1, 0.15) is 5.76 Å². The number of nitrogens with zero attached hydrogens (tertiary/aromatic N) is 1. The summed E-state index contributed by atoms with van der Waals surface area (Å²) in [6, 6.07) is 7.49. The van der Waals surface area contributed by atoms with E-state index in [1.807, 2.05) is 31.2 Å². The lowest BCUT2D eigenvalue weighted by atomic mass is 10.1. The Bertz CT molecular complexity index is 464. The van der Waals surface area contributed by atoms with Crippen LogP contribution in [0.5, 0.6) is 0 Å². The standard InChI is InChI=1S/C13H14NO2/c1-8-10(3)16-13(14-8)12-6-4-11(5-7-12)9(2)15/h4-7,9,15H,1H2,2-3H3. The highest BCUT2D eigenvalue weighted by molar-refractivity contribution is 5.54. The molecule has 2 rings (SSSR count). The van der Waals surface area contributed by atoms with E-state index >= 15 is 0 Å². The van der Waals surface area contributed by atoms with E-state index in [0.717, 1.165) is 16.9 Å². The molecule has 3 nitrogen and oxygen atoms in total. The molecule has 0 aliphatic heterocycles. The molecule has 83 valence electrons. The van der Waals surface area contributed by atoms with Gasteiger partial charge in [-0.2, -0.15) is 0 Å². The maximum absolute atomic E-state index is 9.38. The predicted molar refractivity (Wildman–Crippen MR) is 61.8 cm³/mol. The molecule has 1 unspecified atom stereocenters. The highest BCUT2D eigenvalue weighted by atomic mass is 16.4. The quantitative estimate of drug-likeness (QED) is 0.839. The number of rotatable bonds is 2. The van der Waals surface area contributed by atoms with E-state index in [2.05, 4.69) is 11.9 Å². The van der Waals surface area contributed by atoms with E-state index in [-0.39, 0.29) is 0 Å². The lowest BCUT2D eigenvalue weighted by molar-refractivity contribution is 0.199. The predicted octanol–water partition coefficient (Wildman–Crippen LogP) is 2.89. The fourth-order valence-electron chi connectivity index (χ4n) is 1.46. The summed E-state index contributed by atoms with van der Waals surface area (Å²) in [5.41, 5.74) is 2.43. The number of aromatic nitrogens is 1. The number of benzene rings is 1. The van der Waals surface area contributed by atoms with Crippen LogP contribution in [0, 0.1) is 13.8 Å². The summed E-state index contributed by atoms with van der Waals surface area (Å²) in [5, 5.41) is 9.38. The number of oxazole rings is 1. The van der Waals surface area contributed by atoms with E-state index in [1.54, 1.807) is 6.92 Å². The Morgan fingerprint density at radius 2 is 1.94 bits per heavy atom. The third-order valence-corrected chi connectivity index (χ3v) is 2.53. The Kier molecular flexibility index (Phi) is 2.79. The molecule has 1 aromatic carbocycles. The Morgan fingerprint density at radius 1 is 1.31 bits per heavy atom. The van der Waals surface area contributed by atoms with Gasteiger partial charge in [0, 0.05) is 5.56 Å². The minimum Gasteiger partial charge on any atom is -0.441 e. The van der Waals surface area contributed by atoms with E-state index in [4.69, 9.17) is 4.42 Å². The van der Waals surface area contributed by atoms with E-state index < -0.39 is 6.10 Å². The van der Waals surface area contributed by atoms with Crippen LogP contribution in [-0.4, -0.2) is 10.1 Å². The molecule has 1 N–H and O–H groups in total. The van der Waals surface area contributed by atoms with Crippen LogP contribution >= 0.6 is 0 Å². The third kappa shape index (κ3) is 1.99. The van der Waals surface area contributed by atoms with Gasteiger partial charge in [0.25, 0.3) is 0 Å². The zero-order valence-electron chi connectivity index (χ0n) is 9.40. The highest BCUT2D eigenvalue weighted by Gasteiger charge is 2.08. The second kappa shape index (κ2) is 4.10. The number of hydrogen-bond acceptors (Lipinski definition) is 3.